The summed E-state index contributed by atoms with van der Waals surface area (Å²) in [5.74, 6) is -0.286. The van der Waals surface area contributed by atoms with E-state index in [4.69, 9.17) is 10.5 Å². The summed E-state index contributed by atoms with van der Waals surface area (Å²) in [7, 11) is 0. The van der Waals surface area contributed by atoms with Crippen molar-refractivity contribution in [3.05, 3.63) is 36.0 Å². The Morgan fingerprint density at radius 3 is 2.57 bits per heavy atom. The van der Waals surface area contributed by atoms with E-state index in [1.54, 1.807) is 19.1 Å². The molecule has 2 amide bonds. The fourth-order valence-electron chi connectivity index (χ4n) is 1.70. The SMILES string of the molecule is CC(Oc1ccccc1)C(=O)NCCNC(=O)c1nonc1N. The number of rotatable bonds is 7. The molecule has 23 heavy (non-hydrogen) atoms. The number of anilines is 1. The van der Waals surface area contributed by atoms with Crippen molar-refractivity contribution in [2.75, 3.05) is 18.8 Å². The number of amides is 2. The number of carbonyl (C=O) groups is 2. The lowest BCUT2D eigenvalue weighted by molar-refractivity contribution is -0.127. The van der Waals surface area contributed by atoms with Gasteiger partial charge in [-0.2, -0.15) is 0 Å². The molecule has 9 heteroatoms. The molecule has 0 saturated heterocycles. The van der Waals surface area contributed by atoms with E-state index in [0.717, 1.165) is 0 Å². The van der Waals surface area contributed by atoms with Crippen molar-refractivity contribution < 1.29 is 19.0 Å². The molecule has 1 atom stereocenters. The molecule has 0 spiro atoms. The zero-order chi connectivity index (χ0) is 16.7. The minimum atomic E-state index is -0.650. The summed E-state index contributed by atoms with van der Waals surface area (Å²) in [5, 5.41) is 11.9. The smallest absolute Gasteiger partial charge is 0.277 e. The minimum absolute atomic E-state index is 0.0860. The minimum Gasteiger partial charge on any atom is -0.481 e. The topological polar surface area (TPSA) is 132 Å². The lowest BCUT2D eigenvalue weighted by Crippen LogP contribution is -2.40. The molecule has 0 fully saturated rings. The van der Waals surface area contributed by atoms with Crippen LogP contribution in [-0.4, -0.2) is 41.3 Å². The number of nitrogens with zero attached hydrogens (tertiary/aromatic N) is 2. The summed E-state index contributed by atoms with van der Waals surface area (Å²) in [6, 6.07) is 9.03. The Balaban J connectivity index is 1.68. The van der Waals surface area contributed by atoms with Gasteiger partial charge < -0.3 is 21.1 Å². The Morgan fingerprint density at radius 1 is 1.22 bits per heavy atom. The zero-order valence-corrected chi connectivity index (χ0v) is 12.5. The van der Waals surface area contributed by atoms with Gasteiger partial charge in [-0.25, -0.2) is 4.63 Å². The Bertz CT molecular complexity index is 658. The van der Waals surface area contributed by atoms with E-state index in [-0.39, 0.29) is 30.5 Å². The van der Waals surface area contributed by atoms with Crippen LogP contribution >= 0.6 is 0 Å². The molecule has 0 aliphatic rings. The van der Waals surface area contributed by atoms with Crippen LogP contribution in [0.3, 0.4) is 0 Å². The van der Waals surface area contributed by atoms with Crippen LogP contribution in [-0.2, 0) is 4.79 Å². The molecule has 1 aromatic carbocycles. The number of nitrogen functional groups attached to an aromatic ring is 1. The van der Waals surface area contributed by atoms with Gasteiger partial charge in [0.2, 0.25) is 11.5 Å². The summed E-state index contributed by atoms with van der Waals surface area (Å²) in [6.45, 7) is 2.08. The third-order valence-electron chi connectivity index (χ3n) is 2.86. The molecular formula is C14H17N5O4. The van der Waals surface area contributed by atoms with Crippen LogP contribution in [0, 0.1) is 0 Å². The number of nitrogens with one attached hydrogen (secondary N) is 2. The Hall–Kier alpha value is -3.10. The molecule has 9 nitrogen and oxygen atoms in total. The highest BCUT2D eigenvalue weighted by Crippen LogP contribution is 2.10. The average molecular weight is 319 g/mol. The van der Waals surface area contributed by atoms with Crippen molar-refractivity contribution in [2.24, 2.45) is 0 Å². The molecule has 4 N–H and O–H groups in total. The second-order valence-electron chi connectivity index (χ2n) is 4.62. The molecule has 0 bridgehead atoms. The first-order valence-electron chi connectivity index (χ1n) is 6.93. The van der Waals surface area contributed by atoms with Crippen LogP contribution in [0.15, 0.2) is 35.0 Å². The average Bonchev–Trinajstić information content (AvgIpc) is 2.98. The molecule has 0 radical (unpaired) electrons. The molecule has 0 aliphatic heterocycles. The summed E-state index contributed by atoms with van der Waals surface area (Å²) in [6.07, 6.45) is -0.650. The highest BCUT2D eigenvalue weighted by molar-refractivity contribution is 5.96. The second-order valence-corrected chi connectivity index (χ2v) is 4.62. The first kappa shape index (κ1) is 16.3. The lowest BCUT2D eigenvalue weighted by atomic mass is 10.3. The Labute approximate surface area is 132 Å². The number of aromatic nitrogens is 2. The quantitative estimate of drug-likeness (QED) is 0.610. The molecule has 1 heterocycles. The second kappa shape index (κ2) is 7.78. The van der Waals surface area contributed by atoms with Crippen LogP contribution in [0.25, 0.3) is 0 Å². The zero-order valence-electron chi connectivity index (χ0n) is 12.5. The first-order chi connectivity index (χ1) is 11.1. The van der Waals surface area contributed by atoms with Crippen LogP contribution in [0.1, 0.15) is 17.4 Å². The maximum absolute atomic E-state index is 11.9. The predicted octanol–water partition coefficient (Wildman–Crippen LogP) is -0.0347. The number of carbonyl (C=O) groups excluding carboxylic acids is 2. The van der Waals surface area contributed by atoms with Crippen molar-refractivity contribution in [1.82, 2.24) is 20.9 Å². The van der Waals surface area contributed by atoms with E-state index in [9.17, 15) is 9.59 Å². The van der Waals surface area contributed by atoms with Gasteiger partial charge in [-0.05, 0) is 29.4 Å². The first-order valence-corrected chi connectivity index (χ1v) is 6.93. The Morgan fingerprint density at radius 2 is 1.91 bits per heavy atom. The Kier molecular flexibility index (Phi) is 5.50. The molecule has 1 unspecified atom stereocenters. The van der Waals surface area contributed by atoms with Crippen LogP contribution < -0.4 is 21.1 Å². The van der Waals surface area contributed by atoms with Gasteiger partial charge in [0.1, 0.15) is 5.75 Å². The molecule has 122 valence electrons. The maximum Gasteiger partial charge on any atom is 0.277 e. The molecule has 1 aromatic heterocycles. The third-order valence-corrected chi connectivity index (χ3v) is 2.86. The lowest BCUT2D eigenvalue weighted by Gasteiger charge is -2.14. The monoisotopic (exact) mass is 319 g/mol. The van der Waals surface area contributed by atoms with Gasteiger partial charge in [0, 0.05) is 13.1 Å². The summed E-state index contributed by atoms with van der Waals surface area (Å²) >= 11 is 0. The van der Waals surface area contributed by atoms with Gasteiger partial charge in [0.25, 0.3) is 11.8 Å². The van der Waals surface area contributed by atoms with E-state index in [0.29, 0.717) is 5.75 Å². The van der Waals surface area contributed by atoms with Crippen molar-refractivity contribution in [2.45, 2.75) is 13.0 Å². The fraction of sp³-hybridized carbons (Fsp3) is 0.286. The van der Waals surface area contributed by atoms with E-state index >= 15 is 0 Å². The van der Waals surface area contributed by atoms with E-state index in [1.807, 2.05) is 18.2 Å². The number of hydrogen-bond donors (Lipinski definition) is 3. The van der Waals surface area contributed by atoms with Crippen molar-refractivity contribution in [1.29, 1.82) is 0 Å². The van der Waals surface area contributed by atoms with Crippen molar-refractivity contribution in [3.63, 3.8) is 0 Å². The van der Waals surface area contributed by atoms with Gasteiger partial charge >= 0.3 is 0 Å². The molecule has 2 rings (SSSR count). The van der Waals surface area contributed by atoms with Crippen LogP contribution in [0.4, 0.5) is 5.82 Å². The third kappa shape index (κ3) is 4.70. The van der Waals surface area contributed by atoms with Crippen molar-refractivity contribution in [3.8, 4) is 5.75 Å². The van der Waals surface area contributed by atoms with Crippen LogP contribution in [0.2, 0.25) is 0 Å². The predicted molar refractivity (Wildman–Crippen MR) is 80.6 cm³/mol. The van der Waals surface area contributed by atoms with Crippen LogP contribution in [0.5, 0.6) is 5.75 Å². The number of benzene rings is 1. The molecule has 0 aliphatic carbocycles. The number of hydrogen-bond acceptors (Lipinski definition) is 7. The van der Waals surface area contributed by atoms with E-state index < -0.39 is 12.0 Å². The standard InChI is InChI=1S/C14H17N5O4/c1-9(22-10-5-3-2-4-6-10)13(20)16-7-8-17-14(21)11-12(15)19-23-18-11/h2-6,9H,7-8H2,1H3,(H2,15,19)(H,16,20)(H,17,21). The summed E-state index contributed by atoms with van der Waals surface area (Å²) in [5.41, 5.74) is 5.31. The van der Waals surface area contributed by atoms with Gasteiger partial charge in [-0.3, -0.25) is 9.59 Å². The normalized spacial score (nSPS) is 11.5. The highest BCUT2D eigenvalue weighted by atomic mass is 16.6. The van der Waals surface area contributed by atoms with E-state index in [1.165, 1.54) is 0 Å². The largest absolute Gasteiger partial charge is 0.481 e. The van der Waals surface area contributed by atoms with Gasteiger partial charge in [-0.1, -0.05) is 18.2 Å². The van der Waals surface area contributed by atoms with Gasteiger partial charge in [-0.15, -0.1) is 0 Å². The van der Waals surface area contributed by atoms with Crippen molar-refractivity contribution >= 4 is 17.6 Å². The van der Waals surface area contributed by atoms with Gasteiger partial charge in [0.05, 0.1) is 0 Å². The number of ether oxygens (including phenoxy) is 1. The maximum atomic E-state index is 11.9. The number of nitrogens with two attached hydrogens (primary N) is 1. The molecule has 2 aromatic rings. The number of para-hydroxylation sites is 1. The molecular weight excluding hydrogens is 302 g/mol. The summed E-state index contributed by atoms with van der Waals surface area (Å²) < 4.78 is 9.81. The van der Waals surface area contributed by atoms with E-state index in [2.05, 4.69) is 25.6 Å². The van der Waals surface area contributed by atoms with Gasteiger partial charge in [0.15, 0.2) is 6.10 Å². The molecule has 0 saturated carbocycles. The fourth-order valence-corrected chi connectivity index (χ4v) is 1.70. The summed E-state index contributed by atoms with van der Waals surface area (Å²) in [4.78, 5) is 23.5. The highest BCUT2D eigenvalue weighted by Gasteiger charge is 2.16.